The first kappa shape index (κ1) is 26.4. The van der Waals surface area contributed by atoms with Crippen LogP contribution in [0.3, 0.4) is 0 Å². The third kappa shape index (κ3) is 4.69. The van der Waals surface area contributed by atoms with E-state index < -0.39 is 38.7 Å². The first-order valence-corrected chi connectivity index (χ1v) is 15.2. The van der Waals surface area contributed by atoms with Crippen molar-refractivity contribution in [1.82, 2.24) is 0 Å². The molecule has 0 bridgehead atoms. The van der Waals surface area contributed by atoms with Crippen molar-refractivity contribution in [1.29, 1.82) is 0 Å². The smallest absolute Gasteiger partial charge is 0.134 e. The van der Waals surface area contributed by atoms with Gasteiger partial charge in [-0.05, 0) is 48.5 Å². The predicted molar refractivity (Wildman–Crippen MR) is 140 cm³/mol. The summed E-state index contributed by atoms with van der Waals surface area (Å²) in [5.41, 5.74) is 0. The number of benzene rings is 4. The average Bonchev–Trinajstić information content (AvgIpc) is 2.87. The maximum absolute atomic E-state index is 15.2. The molecule has 4 aromatic rings. The Morgan fingerprint density at radius 1 is 0.361 bits per heavy atom. The van der Waals surface area contributed by atoms with Crippen molar-refractivity contribution in [2.24, 2.45) is 0 Å². The van der Waals surface area contributed by atoms with Crippen LogP contribution >= 0.6 is 14.5 Å². The van der Waals surface area contributed by atoms with Crippen LogP contribution in [0.15, 0.2) is 121 Å². The minimum Gasteiger partial charge on any atom is -0.134 e. The highest BCUT2D eigenvalue weighted by atomic mass is 31.2. The maximum Gasteiger partial charge on any atom is 0.519 e. The van der Waals surface area contributed by atoms with Crippen LogP contribution in [-0.4, -0.2) is 24.2 Å². The van der Waals surface area contributed by atoms with Crippen LogP contribution in [0.4, 0.5) is 26.3 Å². The summed E-state index contributed by atoms with van der Waals surface area (Å²) < 4.78 is 91.2. The van der Waals surface area contributed by atoms with Gasteiger partial charge in [-0.2, -0.15) is 0 Å². The van der Waals surface area contributed by atoms with Crippen LogP contribution < -0.4 is 21.2 Å². The highest BCUT2D eigenvalue weighted by Crippen LogP contribution is 2.75. The standard InChI is InChI=1S/C28H24F6P2/c29-27(30,31)35(23-13-5-1-6-14-23,24-15-7-2-8-16-24)21-22-36(28(32,33)34,25-17-9-3-10-18-25)26-19-11-4-12-20-26/h1-20H,21-22H2/q+2. The van der Waals surface area contributed by atoms with Crippen LogP contribution in [0.1, 0.15) is 0 Å². The Morgan fingerprint density at radius 3 is 0.722 bits per heavy atom. The van der Waals surface area contributed by atoms with Crippen LogP contribution in [-0.2, 0) is 0 Å². The van der Waals surface area contributed by atoms with Gasteiger partial charge in [0.2, 0.25) is 0 Å². The number of hydrogen-bond acceptors (Lipinski definition) is 0. The molecule has 4 aromatic carbocycles. The normalized spacial score (nSPS) is 12.9. The Morgan fingerprint density at radius 2 is 0.556 bits per heavy atom. The van der Waals surface area contributed by atoms with E-state index in [1.54, 1.807) is 24.3 Å². The Balaban J connectivity index is 1.98. The van der Waals surface area contributed by atoms with E-state index in [4.69, 9.17) is 0 Å². The second-order valence-corrected chi connectivity index (χ2v) is 15.6. The van der Waals surface area contributed by atoms with Gasteiger partial charge in [0.25, 0.3) is 0 Å². The van der Waals surface area contributed by atoms with Crippen LogP contribution in [0.25, 0.3) is 0 Å². The van der Waals surface area contributed by atoms with Gasteiger partial charge in [-0.3, -0.25) is 0 Å². The first-order valence-electron chi connectivity index (χ1n) is 11.3. The summed E-state index contributed by atoms with van der Waals surface area (Å²) in [5.74, 6) is -9.46. The Hall–Kier alpha value is -2.68. The van der Waals surface area contributed by atoms with E-state index in [0.717, 1.165) is 0 Å². The van der Waals surface area contributed by atoms with E-state index in [2.05, 4.69) is 0 Å². The van der Waals surface area contributed by atoms with Gasteiger partial charge in [0.15, 0.2) is 14.5 Å². The minimum atomic E-state index is -4.73. The molecule has 0 unspecified atom stereocenters. The van der Waals surface area contributed by atoms with Gasteiger partial charge in [0, 0.05) is 0 Å². The van der Waals surface area contributed by atoms with Gasteiger partial charge in [-0.1, -0.05) is 72.8 Å². The molecule has 0 N–H and O–H groups in total. The molecule has 0 atom stereocenters. The summed E-state index contributed by atoms with van der Waals surface area (Å²) in [4.78, 5) is 0. The third-order valence-corrected chi connectivity index (χ3v) is 15.0. The van der Waals surface area contributed by atoms with Crippen molar-refractivity contribution in [3.8, 4) is 0 Å². The van der Waals surface area contributed by atoms with Crippen molar-refractivity contribution < 1.29 is 26.3 Å². The van der Waals surface area contributed by atoms with Crippen molar-refractivity contribution in [2.45, 2.75) is 11.8 Å². The summed E-state index contributed by atoms with van der Waals surface area (Å²) in [6, 6.07) is 29.7. The number of rotatable bonds is 7. The Bertz CT molecular complexity index is 1060. The lowest BCUT2D eigenvalue weighted by atomic mass is 10.4. The lowest BCUT2D eigenvalue weighted by molar-refractivity contribution is -0.0432. The Labute approximate surface area is 207 Å². The van der Waals surface area contributed by atoms with E-state index >= 15 is 26.3 Å². The van der Waals surface area contributed by atoms with Gasteiger partial charge in [-0.25, -0.2) is 0 Å². The molecule has 0 spiro atoms. The zero-order valence-electron chi connectivity index (χ0n) is 19.1. The SMILES string of the molecule is FC(F)(F)[P+](CC[P+](c1ccccc1)(c1ccccc1)C(F)(F)F)(c1ccccc1)c1ccccc1. The van der Waals surface area contributed by atoms with Crippen molar-refractivity contribution in [3.63, 3.8) is 0 Å². The molecule has 0 heterocycles. The quantitative estimate of drug-likeness (QED) is 0.171. The van der Waals surface area contributed by atoms with Gasteiger partial charge in [-0.15, -0.1) is 26.3 Å². The maximum atomic E-state index is 15.2. The minimum absolute atomic E-state index is 0.0325. The molecule has 186 valence electrons. The predicted octanol–water partition coefficient (Wildman–Crippen LogP) is 7.36. The molecule has 0 radical (unpaired) electrons. The molecule has 0 saturated carbocycles. The summed E-state index contributed by atoms with van der Waals surface area (Å²) in [7, 11) is -8.53. The largest absolute Gasteiger partial charge is 0.519 e. The van der Waals surface area contributed by atoms with E-state index in [0.29, 0.717) is 0 Å². The van der Waals surface area contributed by atoms with Crippen LogP contribution in [0, 0.1) is 0 Å². The molecule has 4 rings (SSSR count). The summed E-state index contributed by atoms with van der Waals surface area (Å²) in [6.07, 6.45) is -1.30. The summed E-state index contributed by atoms with van der Waals surface area (Å²) in [6.45, 7) is 0. The molecule has 0 fully saturated rings. The fraction of sp³-hybridized carbons (Fsp3) is 0.143. The lowest BCUT2D eigenvalue weighted by Gasteiger charge is -2.33. The molecule has 8 heteroatoms. The molecule has 0 aliphatic carbocycles. The van der Waals surface area contributed by atoms with Gasteiger partial charge < -0.3 is 0 Å². The average molecular weight is 536 g/mol. The number of halogens is 6. The lowest BCUT2D eigenvalue weighted by Crippen LogP contribution is -2.41. The van der Waals surface area contributed by atoms with Gasteiger partial charge >= 0.3 is 11.8 Å². The first-order chi connectivity index (χ1) is 17.1. The van der Waals surface area contributed by atoms with E-state index in [1.807, 2.05) is 0 Å². The zero-order chi connectivity index (χ0) is 25.9. The van der Waals surface area contributed by atoms with Gasteiger partial charge in [0.1, 0.15) is 33.5 Å². The number of hydrogen-bond donors (Lipinski definition) is 0. The highest BCUT2D eigenvalue weighted by Gasteiger charge is 2.71. The van der Waals surface area contributed by atoms with E-state index in [-0.39, 0.29) is 21.2 Å². The molecule has 0 aliphatic heterocycles. The van der Waals surface area contributed by atoms with Crippen molar-refractivity contribution in [2.75, 3.05) is 12.3 Å². The van der Waals surface area contributed by atoms with Crippen LogP contribution in [0.5, 0.6) is 0 Å². The van der Waals surface area contributed by atoms with Crippen molar-refractivity contribution >= 4 is 35.7 Å². The summed E-state index contributed by atoms with van der Waals surface area (Å²) in [5, 5.41) is 0.130. The Kier molecular flexibility index (Phi) is 7.59. The van der Waals surface area contributed by atoms with Gasteiger partial charge in [0.05, 0.1) is 0 Å². The van der Waals surface area contributed by atoms with E-state index in [1.165, 1.54) is 97.1 Å². The monoisotopic (exact) mass is 536 g/mol. The molecule has 0 saturated heterocycles. The topological polar surface area (TPSA) is 0 Å². The fourth-order valence-electron chi connectivity index (χ4n) is 4.68. The molecule has 0 aromatic heterocycles. The van der Waals surface area contributed by atoms with Crippen molar-refractivity contribution in [3.05, 3.63) is 121 Å². The molecular weight excluding hydrogens is 512 g/mol. The molecule has 36 heavy (non-hydrogen) atoms. The van der Waals surface area contributed by atoms with E-state index in [9.17, 15) is 0 Å². The second-order valence-electron chi connectivity index (χ2n) is 8.34. The highest BCUT2D eigenvalue weighted by molar-refractivity contribution is 7.93. The third-order valence-electron chi connectivity index (χ3n) is 6.42. The molecule has 0 aliphatic rings. The molecule has 0 nitrogen and oxygen atoms in total. The summed E-state index contributed by atoms with van der Waals surface area (Å²) >= 11 is 0. The zero-order valence-corrected chi connectivity index (χ0v) is 20.9. The fourth-order valence-corrected chi connectivity index (χ4v) is 13.1. The molecule has 0 amide bonds. The second kappa shape index (κ2) is 10.4. The van der Waals surface area contributed by atoms with Crippen LogP contribution in [0.2, 0.25) is 0 Å². The molecular formula is C28H24F6P2+2. The number of alkyl halides is 6.